The molecule has 0 saturated heterocycles. The number of rotatable bonds is 10. The highest BCUT2D eigenvalue weighted by molar-refractivity contribution is 6.36. The van der Waals surface area contributed by atoms with Crippen molar-refractivity contribution in [2.24, 2.45) is 0 Å². The third kappa shape index (κ3) is 10.8. The number of aryl methyl sites for hydroxylation is 1. The topological polar surface area (TPSA) is 85.2 Å². The highest BCUT2D eigenvalue weighted by Gasteiger charge is 2.30. The van der Waals surface area contributed by atoms with Crippen LogP contribution < -0.4 is 9.88 Å². The first-order valence-corrected chi connectivity index (χ1v) is 25.2. The van der Waals surface area contributed by atoms with Gasteiger partial charge in [-0.1, -0.05) is 137 Å². The summed E-state index contributed by atoms with van der Waals surface area (Å²) in [6.07, 6.45) is 18.3. The van der Waals surface area contributed by atoms with Gasteiger partial charge in [-0.3, -0.25) is 0 Å². The molecule has 1 aliphatic heterocycles. The molecule has 14 heteroatoms. The summed E-state index contributed by atoms with van der Waals surface area (Å²) >= 11 is 30.6. The van der Waals surface area contributed by atoms with E-state index in [4.69, 9.17) is 58.0 Å². The molecule has 0 radical (unpaired) electrons. The molecule has 9 nitrogen and oxygen atoms in total. The van der Waals surface area contributed by atoms with Crippen molar-refractivity contribution in [1.82, 2.24) is 39.0 Å². The van der Waals surface area contributed by atoms with Crippen LogP contribution in [0.2, 0.25) is 20.1 Å². The lowest BCUT2D eigenvalue weighted by Crippen LogP contribution is -2.41. The van der Waals surface area contributed by atoms with Crippen molar-refractivity contribution < 1.29 is 4.57 Å². The Bertz CT molecular complexity index is 3420. The fourth-order valence-electron chi connectivity index (χ4n) is 9.23. The number of pyridine rings is 4. The second kappa shape index (κ2) is 23.2. The Morgan fingerprint density at radius 1 is 0.600 bits per heavy atom. The van der Waals surface area contributed by atoms with Gasteiger partial charge in [-0.2, -0.15) is 0 Å². The van der Waals surface area contributed by atoms with E-state index >= 15 is 0 Å². The predicted octanol–water partition coefficient (Wildman–Crippen LogP) is 14.6. The highest BCUT2D eigenvalue weighted by atomic mass is 35.5. The average molecular weight is 1030 g/mol. The summed E-state index contributed by atoms with van der Waals surface area (Å²) in [6, 6.07) is 47.9. The number of aromatic amines is 1. The molecule has 8 aromatic heterocycles. The van der Waals surface area contributed by atoms with Gasteiger partial charge in [-0.05, 0) is 91.7 Å². The minimum atomic E-state index is 0.178. The number of hydrogen-bond acceptors (Lipinski definition) is 4. The van der Waals surface area contributed by atoms with Crippen molar-refractivity contribution in [1.29, 1.82) is 0 Å². The fourth-order valence-corrected chi connectivity index (χ4v) is 10.3. The van der Waals surface area contributed by atoms with Gasteiger partial charge in [0, 0.05) is 65.6 Å². The summed E-state index contributed by atoms with van der Waals surface area (Å²) in [5.74, 6) is 0.597. The summed E-state index contributed by atoms with van der Waals surface area (Å²) in [5.41, 5.74) is 7.79. The van der Waals surface area contributed by atoms with Crippen LogP contribution in [0.15, 0.2) is 189 Å². The van der Waals surface area contributed by atoms with Crippen molar-refractivity contribution in [3.63, 3.8) is 0 Å². The number of fused-ring (bicyclic) bond motifs is 3. The highest BCUT2D eigenvalue weighted by Crippen LogP contribution is 2.34. The molecule has 3 unspecified atom stereocenters. The summed E-state index contributed by atoms with van der Waals surface area (Å²) in [6.45, 7) is 1.98. The smallest absolute Gasteiger partial charge is 0.290 e. The van der Waals surface area contributed by atoms with Crippen LogP contribution in [0.3, 0.4) is 0 Å². The molecule has 0 amide bonds. The number of aromatic nitrogens is 8. The zero-order valence-corrected chi connectivity index (χ0v) is 42.2. The van der Waals surface area contributed by atoms with Crippen LogP contribution in [0, 0.1) is 0 Å². The van der Waals surface area contributed by atoms with Gasteiger partial charge in [0.05, 0.1) is 56.5 Å². The summed E-state index contributed by atoms with van der Waals surface area (Å²) in [7, 11) is 1.98. The average Bonchev–Trinajstić information content (AvgIpc) is 4.25. The van der Waals surface area contributed by atoms with Crippen molar-refractivity contribution in [2.75, 3.05) is 19.5 Å². The molecule has 0 saturated carbocycles. The van der Waals surface area contributed by atoms with Crippen LogP contribution in [-0.2, 0) is 6.54 Å². The van der Waals surface area contributed by atoms with Crippen LogP contribution in [0.1, 0.15) is 54.1 Å². The summed E-state index contributed by atoms with van der Waals surface area (Å²) < 4.78 is 9.01. The Hall–Kier alpha value is -6.17. The molecule has 0 fully saturated rings. The molecule has 11 aromatic rings. The molecule has 0 spiro atoms. The molecule has 70 heavy (non-hydrogen) atoms. The Morgan fingerprint density at radius 2 is 1.13 bits per heavy atom. The Morgan fingerprint density at radius 3 is 1.70 bits per heavy atom. The minimum absolute atomic E-state index is 0.178. The Balaban J connectivity index is 0.000000119. The van der Waals surface area contributed by atoms with Crippen molar-refractivity contribution in [2.45, 2.75) is 43.9 Å². The minimum Gasteiger partial charge on any atom is -0.346 e. The van der Waals surface area contributed by atoms with E-state index in [2.05, 4.69) is 135 Å². The van der Waals surface area contributed by atoms with E-state index in [9.17, 15) is 0 Å². The van der Waals surface area contributed by atoms with Crippen LogP contribution in [0.25, 0.3) is 44.1 Å². The maximum absolute atomic E-state index is 6.29. The van der Waals surface area contributed by atoms with Crippen LogP contribution >= 0.6 is 58.0 Å². The fraction of sp³-hybridized carbons (Fsp3) is 0.179. The van der Waals surface area contributed by atoms with Gasteiger partial charge in [-0.25, -0.2) is 24.1 Å². The third-order valence-corrected chi connectivity index (χ3v) is 14.1. The first-order valence-electron chi connectivity index (χ1n) is 23.2. The van der Waals surface area contributed by atoms with Gasteiger partial charge in [-0.15, -0.1) is 11.6 Å². The molecule has 354 valence electrons. The molecular weight excluding hydrogens is 976 g/mol. The monoisotopic (exact) mass is 1020 g/mol. The zero-order chi connectivity index (χ0) is 48.4. The van der Waals surface area contributed by atoms with Gasteiger partial charge in [0.2, 0.25) is 0 Å². The predicted molar refractivity (Wildman–Crippen MR) is 290 cm³/mol. The van der Waals surface area contributed by atoms with Crippen molar-refractivity contribution in [3.05, 3.63) is 226 Å². The molecule has 0 bridgehead atoms. The molecule has 2 N–H and O–H groups in total. The summed E-state index contributed by atoms with van der Waals surface area (Å²) in [4.78, 5) is 16.0. The van der Waals surface area contributed by atoms with E-state index in [1.165, 1.54) is 22.3 Å². The number of nitrogens with one attached hydrogen (secondary N) is 2. The number of hydrogen-bond donors (Lipinski definition) is 2. The van der Waals surface area contributed by atoms with Crippen LogP contribution in [0.4, 0.5) is 0 Å². The van der Waals surface area contributed by atoms with Gasteiger partial charge in [0.1, 0.15) is 23.0 Å². The number of nitrogens with zero attached hydrogens (tertiary/aromatic N) is 7. The maximum Gasteiger partial charge on any atom is 0.290 e. The third-order valence-electron chi connectivity index (χ3n) is 12.6. The Kier molecular flexibility index (Phi) is 16.2. The summed E-state index contributed by atoms with van der Waals surface area (Å²) in [5, 5.41) is 10.4. The molecule has 9 heterocycles. The van der Waals surface area contributed by atoms with Crippen molar-refractivity contribution in [3.8, 4) is 0 Å². The lowest BCUT2D eigenvalue weighted by molar-refractivity contribution is -0.679. The molecule has 0 aliphatic carbocycles. The van der Waals surface area contributed by atoms with Gasteiger partial charge in [0.25, 0.3) is 5.65 Å². The number of benzene rings is 3. The Labute approximate surface area is 432 Å². The normalized spacial score (nSPS) is 13.8. The lowest BCUT2D eigenvalue weighted by atomic mass is 10.0. The largest absolute Gasteiger partial charge is 0.346 e. The zero-order valence-electron chi connectivity index (χ0n) is 38.4. The number of halogens is 5. The number of alkyl halides is 1. The van der Waals surface area contributed by atoms with Crippen LogP contribution in [-0.4, -0.2) is 53.1 Å². The molecular formula is C56H51Cl5N9+. The van der Waals surface area contributed by atoms with Gasteiger partial charge < -0.3 is 19.4 Å². The van der Waals surface area contributed by atoms with E-state index in [0.29, 0.717) is 11.9 Å². The lowest BCUT2D eigenvalue weighted by Gasteiger charge is -2.20. The molecule has 3 atom stereocenters. The van der Waals surface area contributed by atoms with Crippen LogP contribution in [0.5, 0.6) is 0 Å². The second-order valence-electron chi connectivity index (χ2n) is 16.8. The van der Waals surface area contributed by atoms with E-state index in [-0.39, 0.29) is 12.1 Å². The first-order chi connectivity index (χ1) is 34.3. The SMILES string of the molecule is CNCCC(c1ccccc1)n1ccc2c(Cl)ccnc21.ClCCC(c1ccccc1)n1ccc2c(Cl)ccnc21.Clc1cc[n+]2c3c1ccn3C(c1ccccc1)CC2.Clc1ccnc2[nH]ccc12. The van der Waals surface area contributed by atoms with E-state index < -0.39 is 0 Å². The maximum atomic E-state index is 6.29. The van der Waals surface area contributed by atoms with E-state index in [1.54, 1.807) is 24.7 Å². The molecule has 3 aromatic carbocycles. The number of H-pyrrole nitrogens is 1. The second-order valence-corrected chi connectivity index (χ2v) is 18.8. The van der Waals surface area contributed by atoms with Crippen molar-refractivity contribution >= 4 is 102 Å². The molecule has 1 aliphatic rings. The standard InChI is InChI=1S/C17H18ClN3.C16H14Cl2N2.C16H14ClN2.C7H5ClN2/c1-19-10-8-16(13-5-3-2-4-6-13)21-12-9-14-15(18)7-11-20-17(14)21;17-9-6-15(12-4-2-1-3-5-12)20-11-8-13-14(18)7-10-19-16(13)20;17-14-7-9-18-10-8-15(12-4-2-1-3-5-12)19-11-6-13(14)16(18)19;8-6-2-4-10-7-5(6)1-3-9-7/h2-7,9,11-12,16,19H,8,10H2,1H3;1-5,7-8,10-11,15H,6,9H2;1-7,9,11,15H,8,10H2;1-4H,(H,9,10)/q;;+1;. The van der Waals surface area contributed by atoms with Gasteiger partial charge in [0.15, 0.2) is 0 Å². The molecule has 12 rings (SSSR count). The van der Waals surface area contributed by atoms with E-state index in [1.807, 2.05) is 80.1 Å². The first kappa shape index (κ1) is 48.8. The van der Waals surface area contributed by atoms with Gasteiger partial charge >= 0.3 is 0 Å². The van der Waals surface area contributed by atoms with E-state index in [0.717, 1.165) is 90.9 Å². The quantitative estimate of drug-likeness (QED) is 0.106.